The number of carbonyl (C=O) groups is 1. The molecule has 0 bridgehead atoms. The van der Waals surface area contributed by atoms with E-state index in [4.69, 9.17) is 19.4 Å². The summed E-state index contributed by atoms with van der Waals surface area (Å²) >= 11 is 0. The molecule has 0 atom stereocenters. The Hall–Kier alpha value is -7.20. The van der Waals surface area contributed by atoms with E-state index < -0.39 is 0 Å². The summed E-state index contributed by atoms with van der Waals surface area (Å²) in [6, 6.07) is 25.9. The van der Waals surface area contributed by atoms with Gasteiger partial charge < -0.3 is 39.5 Å². The Labute approximate surface area is 427 Å². The molecule has 0 saturated carbocycles. The summed E-state index contributed by atoms with van der Waals surface area (Å²) in [4.78, 5) is 56.0. The predicted molar refractivity (Wildman–Crippen MR) is 291 cm³/mol. The summed E-state index contributed by atoms with van der Waals surface area (Å²) in [6.07, 6.45) is 10.4. The van der Waals surface area contributed by atoms with Gasteiger partial charge in [-0.1, -0.05) is 42.5 Å². The molecule has 15 nitrogen and oxygen atoms in total. The highest BCUT2D eigenvalue weighted by molar-refractivity contribution is 5.99. The molecule has 2 aliphatic heterocycles. The number of hydrogen-bond donors (Lipinski definition) is 4. The molecule has 5 aromatic heterocycles. The van der Waals surface area contributed by atoms with E-state index in [-0.39, 0.29) is 24.1 Å². The number of nitrogens with one attached hydrogen (secondary N) is 4. The maximum Gasteiger partial charge on any atom is 0.253 e. The normalized spacial score (nSPS) is 14.4. The van der Waals surface area contributed by atoms with Crippen LogP contribution in [0.5, 0.6) is 0 Å². The Morgan fingerprint density at radius 2 is 1.66 bits per heavy atom. The van der Waals surface area contributed by atoms with Gasteiger partial charge in [0.15, 0.2) is 17.3 Å². The van der Waals surface area contributed by atoms with E-state index in [9.17, 15) is 9.59 Å². The van der Waals surface area contributed by atoms with Crippen molar-refractivity contribution < 1.29 is 14.3 Å². The quantitative estimate of drug-likeness (QED) is 0.0771. The Bertz CT molecular complexity index is 3240. The molecule has 73 heavy (non-hydrogen) atoms. The average Bonchev–Trinajstić information content (AvgIpc) is 4.03. The first-order valence-electron chi connectivity index (χ1n) is 25.8. The van der Waals surface area contributed by atoms with Gasteiger partial charge in [-0.2, -0.15) is 0 Å². The smallest absolute Gasteiger partial charge is 0.253 e. The molecule has 10 rings (SSSR count). The van der Waals surface area contributed by atoms with Crippen LogP contribution >= 0.6 is 0 Å². The first kappa shape index (κ1) is 50.7. The largest absolute Gasteiger partial charge is 0.381 e. The Morgan fingerprint density at radius 3 is 2.40 bits per heavy atom. The van der Waals surface area contributed by atoms with Gasteiger partial charge in [-0.15, -0.1) is 0 Å². The summed E-state index contributed by atoms with van der Waals surface area (Å²) in [7, 11) is 0. The Kier molecular flexibility index (Phi) is 16.1. The average molecular weight is 984 g/mol. The number of pyridine rings is 2. The van der Waals surface area contributed by atoms with Crippen LogP contribution in [0.25, 0.3) is 44.6 Å². The summed E-state index contributed by atoms with van der Waals surface area (Å²) in [5, 5.41) is 7.80. The summed E-state index contributed by atoms with van der Waals surface area (Å²) in [5.41, 5.74) is 14.1. The molecule has 1 amide bonds. The van der Waals surface area contributed by atoms with E-state index >= 15 is 0 Å². The van der Waals surface area contributed by atoms with Crippen LogP contribution in [-0.2, 0) is 29.0 Å². The van der Waals surface area contributed by atoms with Crippen molar-refractivity contribution in [3.63, 3.8) is 0 Å². The number of ether oxygens (including phenoxy) is 2. The second-order valence-corrected chi connectivity index (χ2v) is 19.6. The number of aromatic amines is 2. The number of nitrogens with zero attached hydrogens (tertiary/aromatic N) is 7. The van der Waals surface area contributed by atoms with E-state index in [0.717, 1.165) is 146 Å². The zero-order valence-corrected chi connectivity index (χ0v) is 43.3. The minimum Gasteiger partial charge on any atom is -0.381 e. The van der Waals surface area contributed by atoms with Crippen LogP contribution in [0.4, 0.5) is 11.5 Å². The maximum absolute atomic E-state index is 13.7. The number of rotatable bonds is 15. The first-order valence-corrected chi connectivity index (χ1v) is 25.8. The number of amides is 1. The number of aryl methyl sites for hydroxylation is 3. The molecule has 2 saturated heterocycles. The Balaban J connectivity index is 0.000000188. The van der Waals surface area contributed by atoms with Gasteiger partial charge in [-0.05, 0) is 137 Å². The van der Waals surface area contributed by atoms with Crippen molar-refractivity contribution in [1.82, 2.24) is 44.7 Å². The number of hydrogen-bond acceptors (Lipinski definition) is 11. The molecule has 0 spiro atoms. The van der Waals surface area contributed by atoms with Gasteiger partial charge in [-0.25, -0.2) is 15.0 Å². The van der Waals surface area contributed by atoms with Crippen molar-refractivity contribution in [2.75, 3.05) is 62.8 Å². The number of H-pyrrole nitrogens is 2. The van der Waals surface area contributed by atoms with Crippen LogP contribution < -0.4 is 21.1 Å². The molecule has 2 aliphatic rings. The minimum absolute atomic E-state index is 0.159. The van der Waals surface area contributed by atoms with Crippen LogP contribution in [0.2, 0.25) is 0 Å². The van der Waals surface area contributed by atoms with Gasteiger partial charge >= 0.3 is 0 Å². The highest BCUT2D eigenvalue weighted by Gasteiger charge is 2.26. The first-order chi connectivity index (χ1) is 35.4. The van der Waals surface area contributed by atoms with E-state index in [1.165, 1.54) is 16.5 Å². The molecular formula is C58H69N11O4. The second-order valence-electron chi connectivity index (χ2n) is 19.6. The Morgan fingerprint density at radius 1 is 0.890 bits per heavy atom. The third kappa shape index (κ3) is 11.9. The van der Waals surface area contributed by atoms with E-state index in [1.807, 2.05) is 58.4 Å². The lowest BCUT2D eigenvalue weighted by Gasteiger charge is -2.37. The van der Waals surface area contributed by atoms with E-state index in [1.54, 1.807) is 6.20 Å². The summed E-state index contributed by atoms with van der Waals surface area (Å²) in [5.74, 6) is 1.23. The van der Waals surface area contributed by atoms with Crippen LogP contribution in [0.3, 0.4) is 0 Å². The second kappa shape index (κ2) is 23.1. The number of morpholine rings is 1. The van der Waals surface area contributed by atoms with Gasteiger partial charge in [0.2, 0.25) is 0 Å². The number of aromatic nitrogens is 7. The fourth-order valence-electron chi connectivity index (χ4n) is 10.1. The SMILES string of the molecule is CCN(c1cc(-c2ccc(CN3CCOCC3)cc2)cc(C(=O)NCc2c(C)cc(C)[nH]c2=O)c1C)C1CCOCC1.Cc1cncc(-c2nc(NCCc3c[nH]c4ccccc34)c3ncn(C(C)C)c3n2)c1. The number of anilines is 2. The third-order valence-electron chi connectivity index (χ3n) is 14.1. The molecule has 380 valence electrons. The summed E-state index contributed by atoms with van der Waals surface area (Å²) < 4.78 is 13.2. The van der Waals surface area contributed by atoms with Crippen LogP contribution in [0.15, 0.2) is 103 Å². The monoisotopic (exact) mass is 984 g/mol. The van der Waals surface area contributed by atoms with Gasteiger partial charge in [0.1, 0.15) is 5.52 Å². The van der Waals surface area contributed by atoms with E-state index in [2.05, 4.69) is 127 Å². The zero-order valence-electron chi connectivity index (χ0n) is 43.3. The number of fused-ring (bicyclic) bond motifs is 2. The number of para-hydroxylation sites is 1. The number of carbonyl (C=O) groups excluding carboxylic acids is 1. The standard InChI is InChI=1S/C34H44N4O4.C24H25N7/c1-5-38(29-10-14-41-15-11-29)32-20-28(27-8-6-26(7-9-27)22-37-12-16-42-17-13-37)19-30(25(32)4)33(39)35-21-31-23(2)18-24(3)36-34(31)40;1-15(2)31-14-28-21-23(26-9-8-17-13-27-20-7-5-4-6-19(17)20)29-22(30-24(21)31)18-10-16(3)11-25-12-18/h6-9,18-20,29H,5,10-17,21-22H2,1-4H3,(H,35,39)(H,36,40);4-7,10-15,27H,8-9H2,1-3H3,(H,26,29,30). The van der Waals surface area contributed by atoms with Crippen LogP contribution in [-0.4, -0.2) is 104 Å². The lowest BCUT2D eigenvalue weighted by molar-refractivity contribution is 0.0342. The van der Waals surface area contributed by atoms with Crippen molar-refractivity contribution in [3.05, 3.63) is 153 Å². The molecule has 0 radical (unpaired) electrons. The third-order valence-corrected chi connectivity index (χ3v) is 14.1. The predicted octanol–water partition coefficient (Wildman–Crippen LogP) is 9.65. The molecule has 3 aromatic carbocycles. The maximum atomic E-state index is 13.7. The van der Waals surface area contributed by atoms with Crippen LogP contribution in [0, 0.1) is 27.7 Å². The molecular weight excluding hydrogens is 915 g/mol. The summed E-state index contributed by atoms with van der Waals surface area (Å²) in [6.45, 7) is 21.9. The molecule has 0 aliphatic carbocycles. The highest BCUT2D eigenvalue weighted by atomic mass is 16.5. The van der Waals surface area contributed by atoms with Gasteiger partial charge in [0.25, 0.3) is 11.5 Å². The molecule has 7 heterocycles. The highest BCUT2D eigenvalue weighted by Crippen LogP contribution is 2.35. The van der Waals surface area contributed by atoms with Crippen molar-refractivity contribution in [2.45, 2.75) is 92.9 Å². The zero-order chi connectivity index (χ0) is 51.0. The van der Waals surface area contributed by atoms with Crippen LogP contribution in [0.1, 0.15) is 89.1 Å². The topological polar surface area (TPSA) is 171 Å². The van der Waals surface area contributed by atoms with Gasteiger partial charge in [0, 0.05) is 122 Å². The van der Waals surface area contributed by atoms with Crippen molar-refractivity contribution in [3.8, 4) is 22.5 Å². The fourth-order valence-corrected chi connectivity index (χ4v) is 10.1. The van der Waals surface area contributed by atoms with Gasteiger partial charge in [-0.3, -0.25) is 19.5 Å². The van der Waals surface area contributed by atoms with Crippen molar-refractivity contribution >= 4 is 39.5 Å². The lowest BCUT2D eigenvalue weighted by Crippen LogP contribution is -2.40. The minimum atomic E-state index is -0.179. The molecule has 8 aromatic rings. The van der Waals surface area contributed by atoms with Crippen molar-refractivity contribution in [2.24, 2.45) is 0 Å². The fraction of sp³-hybridized carbons (Fsp3) is 0.379. The van der Waals surface area contributed by atoms with Gasteiger partial charge in [0.05, 0.1) is 19.5 Å². The van der Waals surface area contributed by atoms with E-state index in [0.29, 0.717) is 23.0 Å². The molecule has 4 N–H and O–H groups in total. The van der Waals surface area contributed by atoms with Crippen molar-refractivity contribution in [1.29, 1.82) is 0 Å². The number of benzene rings is 3. The molecule has 2 fully saturated rings. The number of imidazole rings is 1. The molecule has 0 unspecified atom stereocenters. The molecule has 15 heteroatoms. The lowest BCUT2D eigenvalue weighted by atomic mass is 9.94.